The number of hydrogen-bond acceptors (Lipinski definition) is 3. The van der Waals surface area contributed by atoms with Crippen molar-refractivity contribution in [2.24, 2.45) is 0 Å². The number of ether oxygens (including phenoxy) is 1. The van der Waals surface area contributed by atoms with Crippen molar-refractivity contribution in [2.45, 2.75) is 6.43 Å². The number of nitrogens with two attached hydrogens (primary N) is 1. The zero-order chi connectivity index (χ0) is 10.0. The number of anilines is 1. The summed E-state index contributed by atoms with van der Waals surface area (Å²) in [4.78, 5) is 3.64. The van der Waals surface area contributed by atoms with Gasteiger partial charge in [-0.05, 0) is 28.7 Å². The van der Waals surface area contributed by atoms with Gasteiger partial charge < -0.3 is 10.5 Å². The molecule has 0 aliphatic rings. The molecule has 2 N–H and O–H groups in total. The van der Waals surface area contributed by atoms with E-state index in [1.54, 1.807) is 0 Å². The topological polar surface area (TPSA) is 48.1 Å². The zero-order valence-electron chi connectivity index (χ0n) is 6.72. The summed E-state index contributed by atoms with van der Waals surface area (Å²) in [5.41, 5.74) is 5.24. The summed E-state index contributed by atoms with van der Waals surface area (Å²) < 4.78 is 29.9. The maximum atomic E-state index is 12.4. The van der Waals surface area contributed by atoms with Crippen molar-refractivity contribution >= 4 is 28.3 Å². The molecule has 0 atom stereocenters. The number of rotatable bonds is 2. The minimum absolute atomic E-state index is 0.0459. The lowest BCUT2D eigenvalue weighted by Crippen LogP contribution is -2.02. The number of nitrogen functional groups attached to an aromatic ring is 1. The van der Waals surface area contributed by atoms with Crippen LogP contribution in [0, 0.1) is 3.70 Å². The molecule has 6 heteroatoms. The van der Waals surface area contributed by atoms with Crippen molar-refractivity contribution in [3.63, 3.8) is 0 Å². The molecule has 0 aromatic carbocycles. The van der Waals surface area contributed by atoms with Crippen LogP contribution in [0.2, 0.25) is 0 Å². The van der Waals surface area contributed by atoms with Crippen LogP contribution in [0.25, 0.3) is 0 Å². The van der Waals surface area contributed by atoms with Crippen molar-refractivity contribution in [2.75, 3.05) is 12.8 Å². The predicted octanol–water partition coefficient (Wildman–Crippen LogP) is 2.21. The Labute approximate surface area is 87.4 Å². The SMILES string of the molecule is COc1c(N)cc(I)nc1C(F)F. The van der Waals surface area contributed by atoms with E-state index >= 15 is 0 Å². The van der Waals surface area contributed by atoms with E-state index in [0.717, 1.165) is 0 Å². The van der Waals surface area contributed by atoms with Gasteiger partial charge in [0.05, 0.1) is 12.8 Å². The molecule has 0 unspecified atom stereocenters. The predicted molar refractivity (Wildman–Crippen MR) is 52.9 cm³/mol. The van der Waals surface area contributed by atoms with Gasteiger partial charge in [0, 0.05) is 0 Å². The molecule has 1 aromatic heterocycles. The van der Waals surface area contributed by atoms with Crippen molar-refractivity contribution in [3.05, 3.63) is 15.5 Å². The summed E-state index contributed by atoms with van der Waals surface area (Å²) in [6.07, 6.45) is -2.67. The molecule has 72 valence electrons. The zero-order valence-corrected chi connectivity index (χ0v) is 8.88. The quantitative estimate of drug-likeness (QED) is 0.673. The van der Waals surface area contributed by atoms with Crippen molar-refractivity contribution in [1.82, 2.24) is 4.98 Å². The molecule has 1 heterocycles. The van der Waals surface area contributed by atoms with Gasteiger partial charge in [-0.25, -0.2) is 13.8 Å². The fraction of sp³-hybridized carbons (Fsp3) is 0.286. The Kier molecular flexibility index (Phi) is 3.23. The van der Waals surface area contributed by atoms with E-state index in [9.17, 15) is 8.78 Å². The smallest absolute Gasteiger partial charge is 0.284 e. The summed E-state index contributed by atoms with van der Waals surface area (Å²) in [6.45, 7) is 0. The Balaban J connectivity index is 3.29. The molecule has 0 bridgehead atoms. The molecular weight excluding hydrogens is 293 g/mol. The molecular formula is C7H7F2IN2O. The number of methoxy groups -OCH3 is 1. The molecule has 13 heavy (non-hydrogen) atoms. The highest BCUT2D eigenvalue weighted by molar-refractivity contribution is 14.1. The van der Waals surface area contributed by atoms with Gasteiger partial charge in [0.2, 0.25) is 0 Å². The van der Waals surface area contributed by atoms with Crippen LogP contribution < -0.4 is 10.5 Å². The molecule has 0 amide bonds. The van der Waals surface area contributed by atoms with Crippen LogP contribution in [-0.4, -0.2) is 12.1 Å². The van der Waals surface area contributed by atoms with Gasteiger partial charge in [-0.1, -0.05) is 0 Å². The van der Waals surface area contributed by atoms with Crippen LogP contribution >= 0.6 is 22.6 Å². The molecule has 0 radical (unpaired) electrons. The van der Waals surface area contributed by atoms with Crippen LogP contribution in [0.1, 0.15) is 12.1 Å². The molecule has 0 saturated carbocycles. The van der Waals surface area contributed by atoms with Crippen LogP contribution in [-0.2, 0) is 0 Å². The van der Waals surface area contributed by atoms with Crippen LogP contribution in [0.3, 0.4) is 0 Å². The molecule has 1 rings (SSSR count). The van der Waals surface area contributed by atoms with Gasteiger partial charge in [-0.2, -0.15) is 0 Å². The number of halogens is 3. The highest BCUT2D eigenvalue weighted by atomic mass is 127. The van der Waals surface area contributed by atoms with E-state index in [2.05, 4.69) is 4.98 Å². The highest BCUT2D eigenvalue weighted by Gasteiger charge is 2.18. The number of pyridine rings is 1. The Morgan fingerprint density at radius 3 is 2.69 bits per heavy atom. The summed E-state index contributed by atoms with van der Waals surface area (Å²) in [6, 6.07) is 1.48. The van der Waals surface area contributed by atoms with E-state index in [1.807, 2.05) is 22.6 Å². The third-order valence-corrected chi connectivity index (χ3v) is 1.96. The maximum Gasteiger partial charge on any atom is 0.284 e. The summed E-state index contributed by atoms with van der Waals surface area (Å²) >= 11 is 1.82. The van der Waals surface area contributed by atoms with E-state index in [-0.39, 0.29) is 11.4 Å². The summed E-state index contributed by atoms with van der Waals surface area (Å²) in [7, 11) is 1.28. The van der Waals surface area contributed by atoms with Gasteiger partial charge in [0.25, 0.3) is 6.43 Å². The Morgan fingerprint density at radius 2 is 2.23 bits per heavy atom. The first-order valence-electron chi connectivity index (χ1n) is 3.34. The minimum atomic E-state index is -2.67. The first kappa shape index (κ1) is 10.4. The highest BCUT2D eigenvalue weighted by Crippen LogP contribution is 2.32. The van der Waals surface area contributed by atoms with Crippen LogP contribution in [0.4, 0.5) is 14.5 Å². The summed E-state index contributed by atoms with van der Waals surface area (Å²) in [5, 5.41) is 0. The van der Waals surface area contributed by atoms with E-state index in [0.29, 0.717) is 3.70 Å². The third kappa shape index (κ3) is 2.17. The van der Waals surface area contributed by atoms with Gasteiger partial charge in [-0.15, -0.1) is 0 Å². The maximum absolute atomic E-state index is 12.4. The van der Waals surface area contributed by atoms with Gasteiger partial charge in [-0.3, -0.25) is 0 Å². The Hall–Kier alpha value is -0.660. The average Bonchev–Trinajstić information content (AvgIpc) is 2.02. The van der Waals surface area contributed by atoms with Crippen molar-refractivity contribution in [3.8, 4) is 5.75 Å². The largest absolute Gasteiger partial charge is 0.492 e. The first-order chi connectivity index (χ1) is 6.06. The normalized spacial score (nSPS) is 10.5. The second kappa shape index (κ2) is 4.03. The van der Waals surface area contributed by atoms with E-state index in [1.165, 1.54) is 13.2 Å². The average molecular weight is 300 g/mol. The van der Waals surface area contributed by atoms with Crippen LogP contribution in [0.15, 0.2) is 6.07 Å². The second-order valence-corrected chi connectivity index (χ2v) is 3.36. The first-order valence-corrected chi connectivity index (χ1v) is 4.42. The minimum Gasteiger partial charge on any atom is -0.492 e. The van der Waals surface area contributed by atoms with E-state index < -0.39 is 12.1 Å². The third-order valence-electron chi connectivity index (χ3n) is 1.41. The molecule has 0 aliphatic heterocycles. The molecule has 3 nitrogen and oxygen atoms in total. The van der Waals surface area contributed by atoms with Crippen LogP contribution in [0.5, 0.6) is 5.75 Å². The number of alkyl halides is 2. The van der Waals surface area contributed by atoms with Gasteiger partial charge in [0.1, 0.15) is 3.70 Å². The van der Waals surface area contributed by atoms with Crippen molar-refractivity contribution in [1.29, 1.82) is 0 Å². The van der Waals surface area contributed by atoms with Crippen molar-refractivity contribution < 1.29 is 13.5 Å². The Bertz CT molecular complexity index is 320. The second-order valence-electron chi connectivity index (χ2n) is 2.25. The standard InChI is InChI=1S/C7H7F2IN2O/c1-13-6-3(11)2-4(10)12-5(6)7(8)9/h2,7H,1H3,(H2,11,12). The van der Waals surface area contributed by atoms with E-state index in [4.69, 9.17) is 10.5 Å². The Morgan fingerprint density at radius 1 is 1.62 bits per heavy atom. The fourth-order valence-corrected chi connectivity index (χ4v) is 1.51. The lowest BCUT2D eigenvalue weighted by molar-refractivity contribution is 0.141. The molecule has 0 spiro atoms. The lowest BCUT2D eigenvalue weighted by Gasteiger charge is -2.09. The fourth-order valence-electron chi connectivity index (χ4n) is 0.910. The number of hydrogen-bond donors (Lipinski definition) is 1. The number of aromatic nitrogens is 1. The monoisotopic (exact) mass is 300 g/mol. The molecule has 0 aliphatic carbocycles. The number of nitrogens with zero attached hydrogens (tertiary/aromatic N) is 1. The lowest BCUT2D eigenvalue weighted by atomic mass is 10.3. The van der Waals surface area contributed by atoms with Gasteiger partial charge >= 0.3 is 0 Å². The van der Waals surface area contributed by atoms with Gasteiger partial charge in [0.15, 0.2) is 11.4 Å². The summed E-state index contributed by atoms with van der Waals surface area (Å²) in [5.74, 6) is -0.0459. The molecule has 0 fully saturated rings. The molecule has 1 aromatic rings. The molecule has 0 saturated heterocycles.